The van der Waals surface area contributed by atoms with Crippen LogP contribution in [0.3, 0.4) is 0 Å². The SMILES string of the molecule is CC(C)(C)c1ccc(C(C)(C)C)c(OC(F)(F)C(F)(F)C(F)(F)C(F)(F)C(F)(F)C(F)(F)C(F)(F)S(=O)(=O)O)c1. The van der Waals surface area contributed by atoms with Gasteiger partial charge in [0.1, 0.15) is 5.75 Å². The van der Waals surface area contributed by atoms with E-state index in [1.807, 2.05) is 0 Å². The molecule has 0 aliphatic rings. The number of hydrogen-bond donors (Lipinski definition) is 1. The van der Waals surface area contributed by atoms with Gasteiger partial charge in [-0.2, -0.15) is 69.9 Å². The molecule has 0 aliphatic carbocycles. The average Bonchev–Trinajstić information content (AvgIpc) is 2.70. The van der Waals surface area contributed by atoms with E-state index in [0.717, 1.165) is 6.07 Å². The Kier molecular flexibility index (Phi) is 8.53. The summed E-state index contributed by atoms with van der Waals surface area (Å²) in [6.45, 7) is 8.16. The van der Waals surface area contributed by atoms with E-state index in [1.165, 1.54) is 47.6 Å². The lowest BCUT2D eigenvalue weighted by Gasteiger charge is -2.41. The fourth-order valence-corrected chi connectivity index (χ4v) is 3.47. The average molecular weight is 636 g/mol. The van der Waals surface area contributed by atoms with E-state index in [1.54, 1.807) is 0 Å². The third-order valence-electron chi connectivity index (χ3n) is 5.53. The van der Waals surface area contributed by atoms with Gasteiger partial charge in [-0.05, 0) is 28.0 Å². The second-order valence-electron chi connectivity index (χ2n) is 10.7. The lowest BCUT2D eigenvalue weighted by atomic mass is 9.81. The van der Waals surface area contributed by atoms with Crippen LogP contribution in [0.25, 0.3) is 0 Å². The first kappa shape index (κ1) is 36.0. The summed E-state index contributed by atoms with van der Waals surface area (Å²) in [5, 5.41) is -7.69. The molecular weight excluding hydrogens is 614 g/mol. The lowest BCUT2D eigenvalue weighted by molar-refractivity contribution is -0.453. The Morgan fingerprint density at radius 3 is 1.32 bits per heavy atom. The van der Waals surface area contributed by atoms with Crippen LogP contribution in [0.2, 0.25) is 0 Å². The molecule has 1 N–H and O–H groups in total. The zero-order valence-corrected chi connectivity index (χ0v) is 21.9. The molecule has 19 heteroatoms. The van der Waals surface area contributed by atoms with Crippen molar-refractivity contribution in [1.29, 1.82) is 0 Å². The number of ether oxygens (including phenoxy) is 1. The molecule has 0 aliphatic heterocycles. The van der Waals surface area contributed by atoms with Gasteiger partial charge < -0.3 is 4.74 Å². The van der Waals surface area contributed by atoms with E-state index in [2.05, 4.69) is 4.74 Å². The first-order valence-corrected chi connectivity index (χ1v) is 12.0. The predicted molar refractivity (Wildman–Crippen MR) is 111 cm³/mol. The van der Waals surface area contributed by atoms with Gasteiger partial charge in [-0.1, -0.05) is 53.7 Å². The smallest absolute Gasteiger partial charge is 0.428 e. The second-order valence-corrected chi connectivity index (χ2v) is 12.2. The van der Waals surface area contributed by atoms with Gasteiger partial charge in [0, 0.05) is 0 Å². The molecule has 0 saturated heterocycles. The van der Waals surface area contributed by atoms with Crippen molar-refractivity contribution in [3.05, 3.63) is 29.3 Å². The van der Waals surface area contributed by atoms with Crippen LogP contribution in [-0.2, 0) is 20.9 Å². The molecule has 0 bridgehead atoms. The van der Waals surface area contributed by atoms with Crippen LogP contribution in [-0.4, -0.2) is 53.9 Å². The van der Waals surface area contributed by atoms with Crippen LogP contribution < -0.4 is 4.74 Å². The fourth-order valence-electron chi connectivity index (χ4n) is 3.01. The number of halogens is 14. The maximum atomic E-state index is 14.5. The molecule has 0 fully saturated rings. The topological polar surface area (TPSA) is 63.6 Å². The Balaban J connectivity index is 3.83. The van der Waals surface area contributed by atoms with Gasteiger partial charge in [0.2, 0.25) is 0 Å². The lowest BCUT2D eigenvalue weighted by Crippen LogP contribution is -2.74. The van der Waals surface area contributed by atoms with Crippen molar-refractivity contribution >= 4 is 10.1 Å². The molecule has 0 atom stereocenters. The molecule has 0 radical (unpaired) electrons. The number of hydrogen-bond acceptors (Lipinski definition) is 3. The van der Waals surface area contributed by atoms with Gasteiger partial charge in [-0.25, -0.2) is 0 Å². The molecule has 0 heterocycles. The minimum atomic E-state index is -8.53. The highest BCUT2D eigenvalue weighted by Crippen LogP contribution is 2.63. The van der Waals surface area contributed by atoms with E-state index in [0.29, 0.717) is 6.07 Å². The third kappa shape index (κ3) is 5.31. The molecule has 1 aromatic carbocycles. The molecule has 0 amide bonds. The van der Waals surface area contributed by atoms with Crippen LogP contribution >= 0.6 is 0 Å². The van der Waals surface area contributed by atoms with Crippen LogP contribution in [0, 0.1) is 0 Å². The first-order chi connectivity index (χ1) is 17.1. The zero-order chi connectivity index (χ0) is 32.6. The van der Waals surface area contributed by atoms with E-state index in [4.69, 9.17) is 4.55 Å². The minimum Gasteiger partial charge on any atom is -0.428 e. The summed E-state index contributed by atoms with van der Waals surface area (Å²) >= 11 is 0. The molecule has 1 rings (SSSR count). The van der Waals surface area contributed by atoms with Crippen molar-refractivity contribution in [3.8, 4) is 5.75 Å². The van der Waals surface area contributed by atoms with Crippen LogP contribution in [0.5, 0.6) is 5.75 Å². The van der Waals surface area contributed by atoms with E-state index >= 15 is 0 Å². The van der Waals surface area contributed by atoms with Gasteiger partial charge in [0.15, 0.2) is 0 Å². The molecule has 234 valence electrons. The monoisotopic (exact) mass is 636 g/mol. The number of alkyl halides is 14. The summed E-state index contributed by atoms with van der Waals surface area (Å²) in [7, 11) is -7.79. The molecule has 1 aromatic rings. The van der Waals surface area contributed by atoms with E-state index < -0.39 is 73.2 Å². The van der Waals surface area contributed by atoms with Crippen molar-refractivity contribution < 1.29 is 79.2 Å². The van der Waals surface area contributed by atoms with Crippen molar-refractivity contribution in [1.82, 2.24) is 0 Å². The summed E-state index contributed by atoms with van der Waals surface area (Å²) < 4.78 is 228. The molecular formula is C21H22F14O4S. The normalized spacial score (nSPS) is 15.8. The Morgan fingerprint density at radius 1 is 0.600 bits per heavy atom. The highest BCUT2D eigenvalue weighted by molar-refractivity contribution is 7.87. The molecule has 0 spiro atoms. The van der Waals surface area contributed by atoms with Crippen molar-refractivity contribution in [2.24, 2.45) is 0 Å². The Morgan fingerprint density at radius 2 is 0.975 bits per heavy atom. The highest BCUT2D eigenvalue weighted by atomic mass is 32.2. The maximum absolute atomic E-state index is 14.5. The van der Waals surface area contributed by atoms with Gasteiger partial charge in [0.25, 0.3) is 0 Å². The summed E-state index contributed by atoms with van der Waals surface area (Å²) in [6.07, 6.45) is -6.92. The fraction of sp³-hybridized carbons (Fsp3) is 0.714. The first-order valence-electron chi connectivity index (χ1n) is 10.5. The maximum Gasteiger partial charge on any atom is 0.471 e. The Hall–Kier alpha value is -2.05. The quantitative estimate of drug-likeness (QED) is 0.221. The van der Waals surface area contributed by atoms with Crippen LogP contribution in [0.15, 0.2) is 18.2 Å². The second kappa shape index (κ2) is 9.49. The standard InChI is InChI=1S/C21H22F14O4S/c1-13(2,3)10-7-8-11(14(4,5)6)12(9-10)39-20(32,33)18(28,29)16(24,25)15(22,23)17(26,27)19(30,31)21(34,35)40(36,37)38/h7-9H,1-6H3,(H,36,37,38). The van der Waals surface area contributed by atoms with E-state index in [9.17, 15) is 69.9 Å². The summed E-state index contributed by atoms with van der Waals surface area (Å²) in [5.41, 5.74) is -2.68. The Bertz CT molecular complexity index is 1210. The molecule has 40 heavy (non-hydrogen) atoms. The number of benzene rings is 1. The molecule has 4 nitrogen and oxygen atoms in total. The van der Waals surface area contributed by atoms with Gasteiger partial charge in [-0.3, -0.25) is 4.55 Å². The number of rotatable bonds is 9. The zero-order valence-electron chi connectivity index (χ0n) is 21.1. The third-order valence-corrected chi connectivity index (χ3v) is 6.43. The van der Waals surface area contributed by atoms with Crippen molar-refractivity contribution in [2.45, 2.75) is 93.3 Å². The summed E-state index contributed by atoms with van der Waals surface area (Å²) in [6, 6.07) is 2.88. The van der Waals surface area contributed by atoms with Crippen molar-refractivity contribution in [3.63, 3.8) is 0 Å². The summed E-state index contributed by atoms with van der Waals surface area (Å²) in [5.74, 6) is -42.8. The van der Waals surface area contributed by atoms with Crippen molar-refractivity contribution in [2.75, 3.05) is 0 Å². The van der Waals surface area contributed by atoms with Crippen LogP contribution in [0.4, 0.5) is 61.5 Å². The molecule has 0 unspecified atom stereocenters. The summed E-state index contributed by atoms with van der Waals surface area (Å²) in [4.78, 5) is 0. The minimum absolute atomic E-state index is 0.0188. The predicted octanol–water partition coefficient (Wildman–Crippen LogP) is 7.91. The Labute approximate surface area is 218 Å². The largest absolute Gasteiger partial charge is 0.471 e. The molecule has 0 aromatic heterocycles. The molecule has 0 saturated carbocycles. The van der Waals surface area contributed by atoms with Gasteiger partial charge in [0.05, 0.1) is 0 Å². The highest BCUT2D eigenvalue weighted by Gasteiger charge is 2.95. The van der Waals surface area contributed by atoms with Gasteiger partial charge >= 0.3 is 51.1 Å². The van der Waals surface area contributed by atoms with E-state index in [-0.39, 0.29) is 5.56 Å². The van der Waals surface area contributed by atoms with Gasteiger partial charge in [-0.15, -0.1) is 0 Å². The van der Waals surface area contributed by atoms with Crippen LogP contribution in [0.1, 0.15) is 52.7 Å².